The zero-order chi connectivity index (χ0) is 19.7. The SMILES string of the molecule is COCCn1c([C@H]2CCN(C(=O)c3ccc(F)c(Cl)c3)C2)nc2cccnc21. The lowest BCUT2D eigenvalue weighted by molar-refractivity contribution is 0.0790. The maximum absolute atomic E-state index is 13.4. The molecular weight excluding hydrogens is 383 g/mol. The van der Waals surface area contributed by atoms with Crippen LogP contribution in [-0.4, -0.2) is 52.1 Å². The lowest BCUT2D eigenvalue weighted by atomic mass is 10.1. The Balaban J connectivity index is 1.58. The number of hydrogen-bond acceptors (Lipinski definition) is 4. The third-order valence-electron chi connectivity index (χ3n) is 5.06. The standard InChI is InChI=1S/C20H20ClFN4O2/c1-28-10-9-26-18(24-17-3-2-7-23-19(17)26)14-6-8-25(12-14)20(27)13-4-5-16(22)15(21)11-13/h2-5,7,11,14H,6,8-10,12H2,1H3/t14-/m0/s1. The minimum absolute atomic E-state index is 0.0472. The van der Waals surface area contributed by atoms with E-state index in [1.54, 1.807) is 18.2 Å². The Hall–Kier alpha value is -2.51. The summed E-state index contributed by atoms with van der Waals surface area (Å²) in [5, 5.41) is -0.0472. The van der Waals surface area contributed by atoms with Crippen molar-refractivity contribution in [2.75, 3.05) is 26.8 Å². The fraction of sp³-hybridized carbons (Fsp3) is 0.350. The number of carbonyl (C=O) groups excluding carboxylic acids is 1. The number of imidazole rings is 1. The van der Waals surface area contributed by atoms with Gasteiger partial charge < -0.3 is 14.2 Å². The van der Waals surface area contributed by atoms with Gasteiger partial charge in [0.15, 0.2) is 5.65 Å². The molecule has 1 amide bonds. The van der Waals surface area contributed by atoms with Gasteiger partial charge in [-0.25, -0.2) is 14.4 Å². The van der Waals surface area contributed by atoms with E-state index in [0.29, 0.717) is 31.8 Å². The first kappa shape index (κ1) is 18.8. The van der Waals surface area contributed by atoms with Crippen molar-refractivity contribution < 1.29 is 13.9 Å². The first-order valence-corrected chi connectivity index (χ1v) is 9.50. The Morgan fingerprint density at radius 1 is 1.39 bits per heavy atom. The summed E-state index contributed by atoms with van der Waals surface area (Å²) in [4.78, 5) is 23.8. The highest BCUT2D eigenvalue weighted by Gasteiger charge is 2.31. The van der Waals surface area contributed by atoms with Crippen LogP contribution in [0.4, 0.5) is 4.39 Å². The quantitative estimate of drug-likeness (QED) is 0.655. The molecule has 8 heteroatoms. The van der Waals surface area contributed by atoms with E-state index >= 15 is 0 Å². The van der Waals surface area contributed by atoms with E-state index < -0.39 is 5.82 Å². The molecule has 1 aromatic carbocycles. The molecule has 1 aliphatic rings. The number of fused-ring (bicyclic) bond motifs is 1. The van der Waals surface area contributed by atoms with E-state index in [9.17, 15) is 9.18 Å². The van der Waals surface area contributed by atoms with E-state index in [0.717, 1.165) is 23.4 Å². The summed E-state index contributed by atoms with van der Waals surface area (Å²) in [5.74, 6) is 0.336. The Morgan fingerprint density at radius 3 is 3.04 bits per heavy atom. The van der Waals surface area contributed by atoms with Crippen LogP contribution < -0.4 is 0 Å². The van der Waals surface area contributed by atoms with E-state index in [4.69, 9.17) is 21.3 Å². The van der Waals surface area contributed by atoms with Crippen LogP contribution in [0.1, 0.15) is 28.5 Å². The molecule has 3 aromatic rings. The van der Waals surface area contributed by atoms with Gasteiger partial charge in [-0.1, -0.05) is 11.6 Å². The van der Waals surface area contributed by atoms with Gasteiger partial charge in [0.05, 0.1) is 11.6 Å². The van der Waals surface area contributed by atoms with E-state index in [2.05, 4.69) is 9.55 Å². The van der Waals surface area contributed by atoms with E-state index in [1.807, 2.05) is 12.1 Å². The number of benzene rings is 1. The Bertz CT molecular complexity index is 1020. The van der Waals surface area contributed by atoms with Gasteiger partial charge in [0.2, 0.25) is 0 Å². The second kappa shape index (κ2) is 7.85. The van der Waals surface area contributed by atoms with Crippen LogP contribution in [0.15, 0.2) is 36.5 Å². The molecule has 28 heavy (non-hydrogen) atoms. The van der Waals surface area contributed by atoms with Gasteiger partial charge in [-0.3, -0.25) is 4.79 Å². The topological polar surface area (TPSA) is 60.2 Å². The van der Waals surface area contributed by atoms with Gasteiger partial charge in [-0.05, 0) is 36.8 Å². The van der Waals surface area contributed by atoms with Gasteiger partial charge in [0.25, 0.3) is 5.91 Å². The molecule has 1 atom stereocenters. The number of hydrogen-bond donors (Lipinski definition) is 0. The van der Waals surface area contributed by atoms with Crippen molar-refractivity contribution in [2.45, 2.75) is 18.9 Å². The molecule has 2 aromatic heterocycles. The van der Waals surface area contributed by atoms with Crippen LogP contribution in [0.3, 0.4) is 0 Å². The maximum atomic E-state index is 13.4. The fourth-order valence-corrected chi connectivity index (χ4v) is 3.84. The van der Waals surface area contributed by atoms with Crippen LogP contribution in [0.5, 0.6) is 0 Å². The highest BCUT2D eigenvalue weighted by molar-refractivity contribution is 6.31. The van der Waals surface area contributed by atoms with E-state index in [1.165, 1.54) is 18.2 Å². The largest absolute Gasteiger partial charge is 0.383 e. The lowest BCUT2D eigenvalue weighted by Crippen LogP contribution is -2.28. The Kier molecular flexibility index (Phi) is 5.28. The average molecular weight is 403 g/mol. The number of nitrogens with zero attached hydrogens (tertiary/aromatic N) is 4. The minimum Gasteiger partial charge on any atom is -0.383 e. The second-order valence-electron chi connectivity index (χ2n) is 6.83. The van der Waals surface area contributed by atoms with Crippen molar-refractivity contribution in [3.63, 3.8) is 0 Å². The van der Waals surface area contributed by atoms with Gasteiger partial charge >= 0.3 is 0 Å². The number of aromatic nitrogens is 3. The molecule has 1 fully saturated rings. The zero-order valence-corrected chi connectivity index (χ0v) is 16.2. The van der Waals surface area contributed by atoms with Crippen molar-refractivity contribution in [2.24, 2.45) is 0 Å². The molecular formula is C20H20ClFN4O2. The molecule has 3 heterocycles. The number of halogens is 2. The first-order chi connectivity index (χ1) is 13.6. The smallest absolute Gasteiger partial charge is 0.253 e. The summed E-state index contributed by atoms with van der Waals surface area (Å²) in [6.45, 7) is 2.36. The highest BCUT2D eigenvalue weighted by Crippen LogP contribution is 2.30. The molecule has 4 rings (SSSR count). The summed E-state index contributed by atoms with van der Waals surface area (Å²) in [6.07, 6.45) is 2.55. The molecule has 0 spiro atoms. The zero-order valence-electron chi connectivity index (χ0n) is 15.4. The van der Waals surface area contributed by atoms with Gasteiger partial charge in [-0.15, -0.1) is 0 Å². The number of pyridine rings is 1. The molecule has 0 radical (unpaired) electrons. The van der Waals surface area contributed by atoms with E-state index in [-0.39, 0.29) is 16.8 Å². The number of rotatable bonds is 5. The predicted molar refractivity (Wildman–Crippen MR) is 104 cm³/mol. The Labute approximate surface area is 166 Å². The molecule has 0 aliphatic carbocycles. The molecule has 1 saturated heterocycles. The number of methoxy groups -OCH3 is 1. The van der Waals surface area contributed by atoms with Gasteiger partial charge in [-0.2, -0.15) is 0 Å². The molecule has 146 valence electrons. The molecule has 0 saturated carbocycles. The van der Waals surface area contributed by atoms with Crippen LogP contribution in [0.25, 0.3) is 11.2 Å². The number of amides is 1. The molecule has 0 bridgehead atoms. The minimum atomic E-state index is -0.531. The highest BCUT2D eigenvalue weighted by atomic mass is 35.5. The lowest BCUT2D eigenvalue weighted by Gasteiger charge is -2.17. The number of ether oxygens (including phenoxy) is 1. The van der Waals surface area contributed by atoms with Crippen molar-refractivity contribution in [3.8, 4) is 0 Å². The van der Waals surface area contributed by atoms with Crippen LogP contribution >= 0.6 is 11.6 Å². The number of likely N-dealkylation sites (tertiary alicyclic amines) is 1. The van der Waals surface area contributed by atoms with Crippen molar-refractivity contribution >= 4 is 28.7 Å². The average Bonchev–Trinajstić information content (AvgIpc) is 3.32. The fourth-order valence-electron chi connectivity index (χ4n) is 3.66. The molecule has 1 aliphatic heterocycles. The predicted octanol–water partition coefficient (Wildman–Crippen LogP) is 3.50. The Morgan fingerprint density at radius 2 is 2.25 bits per heavy atom. The summed E-state index contributed by atoms with van der Waals surface area (Å²) < 4.78 is 20.7. The van der Waals surface area contributed by atoms with Crippen molar-refractivity contribution in [1.29, 1.82) is 0 Å². The molecule has 0 unspecified atom stereocenters. The molecule has 0 N–H and O–H groups in total. The van der Waals surface area contributed by atoms with Crippen LogP contribution in [-0.2, 0) is 11.3 Å². The molecule has 6 nitrogen and oxygen atoms in total. The van der Waals surface area contributed by atoms with Crippen LogP contribution in [0.2, 0.25) is 5.02 Å². The second-order valence-corrected chi connectivity index (χ2v) is 7.23. The third kappa shape index (κ3) is 3.47. The van der Waals surface area contributed by atoms with Gasteiger partial charge in [0.1, 0.15) is 17.2 Å². The summed E-state index contributed by atoms with van der Waals surface area (Å²) in [5.41, 5.74) is 2.05. The van der Waals surface area contributed by atoms with Gasteiger partial charge in [0, 0.05) is 44.4 Å². The maximum Gasteiger partial charge on any atom is 0.253 e. The summed E-state index contributed by atoms with van der Waals surface area (Å²) in [7, 11) is 1.66. The normalized spacial score (nSPS) is 16.8. The summed E-state index contributed by atoms with van der Waals surface area (Å²) >= 11 is 5.83. The summed E-state index contributed by atoms with van der Waals surface area (Å²) in [6, 6.07) is 7.87. The number of carbonyl (C=O) groups is 1. The first-order valence-electron chi connectivity index (χ1n) is 9.13. The van der Waals surface area contributed by atoms with Crippen molar-refractivity contribution in [1.82, 2.24) is 19.4 Å². The third-order valence-corrected chi connectivity index (χ3v) is 5.35. The van der Waals surface area contributed by atoms with Crippen molar-refractivity contribution in [3.05, 3.63) is 58.8 Å². The monoisotopic (exact) mass is 402 g/mol. The van der Waals surface area contributed by atoms with Crippen LogP contribution in [0, 0.1) is 5.82 Å².